The Morgan fingerprint density at radius 1 is 1.08 bits per heavy atom. The maximum Gasteiger partial charge on any atom is 0.147 e. The molecule has 2 heterocycles. The zero-order valence-corrected chi connectivity index (χ0v) is 14.3. The molecule has 4 fully saturated rings. The summed E-state index contributed by atoms with van der Waals surface area (Å²) in [7, 11) is 0. The number of aliphatic hydroxyl groups excluding tert-OH is 1. The molecule has 4 aliphatic rings. The Kier molecular flexibility index (Phi) is 3.87. The number of aliphatic hydroxyl groups is 1. The third-order valence-corrected chi connectivity index (χ3v) is 6.30. The second-order valence-electron chi connectivity index (χ2n) is 8.12. The summed E-state index contributed by atoms with van der Waals surface area (Å²) >= 11 is 0. The lowest BCUT2D eigenvalue weighted by Gasteiger charge is -2.39. The summed E-state index contributed by atoms with van der Waals surface area (Å²) in [6, 6.07) is 0.965. The second-order valence-corrected chi connectivity index (χ2v) is 8.12. The number of ether oxygens (including phenoxy) is 1. The number of rotatable bonds is 5. The van der Waals surface area contributed by atoms with Crippen LogP contribution in [0.25, 0.3) is 0 Å². The summed E-state index contributed by atoms with van der Waals surface area (Å²) in [4.78, 5) is 2.50. The van der Waals surface area contributed by atoms with Crippen molar-refractivity contribution >= 4 is 0 Å². The van der Waals surface area contributed by atoms with Crippen LogP contribution in [0, 0.1) is 5.92 Å². The maximum atomic E-state index is 10.3. The summed E-state index contributed by atoms with van der Waals surface area (Å²) in [5.74, 6) is 3.38. The molecule has 3 atom stereocenters. The minimum Gasteiger partial charge on any atom is -0.393 e. The van der Waals surface area contributed by atoms with Gasteiger partial charge in [0.15, 0.2) is 0 Å². The van der Waals surface area contributed by atoms with Crippen LogP contribution in [-0.4, -0.2) is 56.7 Å². The van der Waals surface area contributed by atoms with Crippen LogP contribution in [0.15, 0.2) is 0 Å². The molecule has 1 saturated heterocycles. The van der Waals surface area contributed by atoms with E-state index in [2.05, 4.69) is 19.7 Å². The molecule has 0 bridgehead atoms. The largest absolute Gasteiger partial charge is 0.393 e. The normalized spacial score (nSPS) is 34.8. The average molecular weight is 332 g/mol. The van der Waals surface area contributed by atoms with E-state index in [1.807, 2.05) is 0 Å². The van der Waals surface area contributed by atoms with Crippen molar-refractivity contribution < 1.29 is 9.84 Å². The Morgan fingerprint density at radius 2 is 1.96 bits per heavy atom. The highest BCUT2D eigenvalue weighted by Gasteiger charge is 2.40. The quantitative estimate of drug-likeness (QED) is 0.891. The molecule has 3 saturated carbocycles. The van der Waals surface area contributed by atoms with Gasteiger partial charge in [-0.05, 0) is 38.5 Å². The molecule has 1 aliphatic heterocycles. The van der Waals surface area contributed by atoms with Crippen LogP contribution in [0.5, 0.6) is 0 Å². The predicted molar refractivity (Wildman–Crippen MR) is 88.6 cm³/mol. The van der Waals surface area contributed by atoms with Crippen LogP contribution in [0.4, 0.5) is 0 Å². The molecule has 0 unspecified atom stereocenters. The number of hydrogen-bond acceptors (Lipinski definition) is 5. The van der Waals surface area contributed by atoms with Gasteiger partial charge in [0, 0.05) is 30.5 Å². The first-order chi connectivity index (χ1) is 11.8. The van der Waals surface area contributed by atoms with Crippen LogP contribution < -0.4 is 0 Å². The number of nitrogens with zero attached hydrogens (tertiary/aromatic N) is 4. The van der Waals surface area contributed by atoms with Crippen molar-refractivity contribution in [3.8, 4) is 0 Å². The fourth-order valence-electron chi connectivity index (χ4n) is 4.64. The van der Waals surface area contributed by atoms with Crippen molar-refractivity contribution in [2.75, 3.05) is 19.8 Å². The van der Waals surface area contributed by atoms with Crippen molar-refractivity contribution in [1.29, 1.82) is 0 Å². The van der Waals surface area contributed by atoms with E-state index >= 15 is 0 Å². The van der Waals surface area contributed by atoms with Crippen molar-refractivity contribution in [2.45, 2.75) is 75.6 Å². The van der Waals surface area contributed by atoms with Crippen LogP contribution in [-0.2, 0) is 11.3 Å². The lowest BCUT2D eigenvalue weighted by molar-refractivity contribution is -0.0549. The third-order valence-electron chi connectivity index (χ3n) is 6.30. The molecule has 0 spiro atoms. The highest BCUT2D eigenvalue weighted by molar-refractivity contribution is 5.12. The summed E-state index contributed by atoms with van der Waals surface area (Å²) < 4.78 is 8.21. The van der Waals surface area contributed by atoms with E-state index in [9.17, 15) is 5.11 Å². The van der Waals surface area contributed by atoms with E-state index in [1.54, 1.807) is 0 Å². The molecule has 24 heavy (non-hydrogen) atoms. The zero-order valence-electron chi connectivity index (χ0n) is 14.3. The minimum absolute atomic E-state index is 0.164. The molecule has 0 aromatic carbocycles. The van der Waals surface area contributed by atoms with Crippen LogP contribution in [0.1, 0.15) is 68.6 Å². The molecule has 1 aromatic heterocycles. The minimum atomic E-state index is -0.164. The first-order valence-electron chi connectivity index (χ1n) is 9.75. The van der Waals surface area contributed by atoms with Crippen molar-refractivity contribution in [3.63, 3.8) is 0 Å². The van der Waals surface area contributed by atoms with Gasteiger partial charge in [-0.15, -0.1) is 10.2 Å². The lowest BCUT2D eigenvalue weighted by atomic mass is 9.94. The van der Waals surface area contributed by atoms with Crippen molar-refractivity contribution in [2.24, 2.45) is 5.92 Å². The van der Waals surface area contributed by atoms with Crippen LogP contribution in [0.2, 0.25) is 0 Å². The number of morpholine rings is 1. The molecule has 5 rings (SSSR count). The van der Waals surface area contributed by atoms with Crippen molar-refractivity contribution in [1.82, 2.24) is 19.7 Å². The SMILES string of the molecule is O[C@@H]1CCC[C@H]1[C@@H]1COCCN1Cc1nnc(C2CC2)n1C1CC1. The van der Waals surface area contributed by atoms with Gasteiger partial charge in [-0.25, -0.2) is 0 Å². The topological polar surface area (TPSA) is 63.4 Å². The van der Waals surface area contributed by atoms with Gasteiger partial charge in [-0.3, -0.25) is 4.90 Å². The molecule has 1 aromatic rings. The first-order valence-corrected chi connectivity index (χ1v) is 9.75. The van der Waals surface area contributed by atoms with Gasteiger partial charge in [0.2, 0.25) is 0 Å². The van der Waals surface area contributed by atoms with E-state index in [1.165, 1.54) is 31.5 Å². The van der Waals surface area contributed by atoms with Crippen molar-refractivity contribution in [3.05, 3.63) is 11.6 Å². The van der Waals surface area contributed by atoms with Crippen LogP contribution >= 0.6 is 0 Å². The summed E-state index contributed by atoms with van der Waals surface area (Å²) in [5, 5.41) is 19.5. The Hall–Kier alpha value is -0.980. The molecule has 0 radical (unpaired) electrons. The summed E-state index contributed by atoms with van der Waals surface area (Å²) in [6.45, 7) is 3.32. The summed E-state index contributed by atoms with van der Waals surface area (Å²) in [6.07, 6.45) is 8.14. The Balaban J connectivity index is 1.37. The average Bonchev–Trinajstić information content (AvgIpc) is 3.52. The van der Waals surface area contributed by atoms with E-state index in [4.69, 9.17) is 4.74 Å². The Labute approximate surface area is 143 Å². The maximum absolute atomic E-state index is 10.3. The van der Waals surface area contributed by atoms with Gasteiger partial charge in [-0.1, -0.05) is 6.42 Å². The van der Waals surface area contributed by atoms with Gasteiger partial charge in [0.05, 0.1) is 25.9 Å². The van der Waals surface area contributed by atoms with Gasteiger partial charge >= 0.3 is 0 Å². The van der Waals surface area contributed by atoms with E-state index in [0.29, 0.717) is 23.9 Å². The van der Waals surface area contributed by atoms with E-state index in [-0.39, 0.29) is 6.10 Å². The number of aromatic nitrogens is 3. The molecular formula is C18H28N4O2. The smallest absolute Gasteiger partial charge is 0.147 e. The van der Waals surface area contributed by atoms with Gasteiger partial charge in [0.1, 0.15) is 11.6 Å². The molecule has 1 N–H and O–H groups in total. The molecule has 6 heteroatoms. The Morgan fingerprint density at radius 3 is 2.67 bits per heavy atom. The fraction of sp³-hybridized carbons (Fsp3) is 0.889. The predicted octanol–water partition coefficient (Wildman–Crippen LogP) is 1.85. The number of hydrogen-bond donors (Lipinski definition) is 1. The summed E-state index contributed by atoms with van der Waals surface area (Å²) in [5.41, 5.74) is 0. The first kappa shape index (κ1) is 15.3. The van der Waals surface area contributed by atoms with Gasteiger partial charge in [-0.2, -0.15) is 0 Å². The highest BCUT2D eigenvalue weighted by Crippen LogP contribution is 2.45. The molecule has 132 valence electrons. The highest BCUT2D eigenvalue weighted by atomic mass is 16.5. The molecule has 0 amide bonds. The fourth-order valence-corrected chi connectivity index (χ4v) is 4.64. The van der Waals surface area contributed by atoms with Crippen LogP contribution in [0.3, 0.4) is 0 Å². The lowest BCUT2D eigenvalue weighted by Crippen LogP contribution is -2.50. The molecule has 3 aliphatic carbocycles. The molecular weight excluding hydrogens is 304 g/mol. The zero-order chi connectivity index (χ0) is 16.1. The second kappa shape index (κ2) is 6.07. The molecule has 6 nitrogen and oxygen atoms in total. The standard InChI is InChI=1S/C18H28N4O2/c23-16-3-1-2-14(16)15-11-24-9-8-21(15)10-17-19-20-18(12-4-5-12)22(17)13-6-7-13/h12-16,23H,1-11H2/t14-,15-,16+/m0/s1. The Bertz CT molecular complexity index is 596. The van der Waals surface area contributed by atoms with Gasteiger partial charge in [0.25, 0.3) is 0 Å². The monoisotopic (exact) mass is 332 g/mol. The van der Waals surface area contributed by atoms with E-state index < -0.39 is 0 Å². The van der Waals surface area contributed by atoms with E-state index in [0.717, 1.165) is 51.4 Å². The van der Waals surface area contributed by atoms with Gasteiger partial charge < -0.3 is 14.4 Å². The third kappa shape index (κ3) is 2.78.